The van der Waals surface area contributed by atoms with Crippen molar-refractivity contribution in [2.24, 2.45) is 5.73 Å². The number of nitrogens with one attached hydrogen (secondary N) is 1. The molecule has 98 valence electrons. The third-order valence-electron chi connectivity index (χ3n) is 3.39. The zero-order valence-corrected chi connectivity index (χ0v) is 12.8. The van der Waals surface area contributed by atoms with Crippen molar-refractivity contribution in [3.8, 4) is 0 Å². The second-order valence-corrected chi connectivity index (χ2v) is 5.16. The van der Waals surface area contributed by atoms with E-state index in [4.69, 9.17) is 5.73 Å². The molecule has 0 unspecified atom stereocenters. The number of rotatable bonds is 2. The van der Waals surface area contributed by atoms with E-state index in [1.54, 1.807) is 0 Å². The quantitative estimate of drug-likeness (QED) is 0.868. The van der Waals surface area contributed by atoms with Crippen molar-refractivity contribution in [1.82, 2.24) is 5.32 Å². The van der Waals surface area contributed by atoms with E-state index >= 15 is 0 Å². The Morgan fingerprint density at radius 2 is 1.88 bits per heavy atom. The van der Waals surface area contributed by atoms with Crippen LogP contribution >= 0.6 is 40.7 Å². The summed E-state index contributed by atoms with van der Waals surface area (Å²) in [6.45, 7) is 2.89. The Hall–Kier alpha value is 0.200. The van der Waals surface area contributed by atoms with Crippen LogP contribution in [-0.4, -0.2) is 19.6 Å². The summed E-state index contributed by atoms with van der Waals surface area (Å²) in [4.78, 5) is 0. The van der Waals surface area contributed by atoms with Crippen LogP contribution in [0.4, 0.5) is 0 Å². The summed E-state index contributed by atoms with van der Waals surface area (Å²) in [5.74, 6) is 0. The molecule has 5 heteroatoms. The van der Waals surface area contributed by atoms with Gasteiger partial charge < -0.3 is 11.1 Å². The van der Waals surface area contributed by atoms with E-state index in [9.17, 15) is 0 Å². The predicted molar refractivity (Wildman–Crippen MR) is 81.5 cm³/mol. The Morgan fingerprint density at radius 1 is 1.24 bits per heavy atom. The van der Waals surface area contributed by atoms with Gasteiger partial charge in [0.05, 0.1) is 0 Å². The van der Waals surface area contributed by atoms with Crippen molar-refractivity contribution in [2.75, 3.05) is 19.6 Å². The number of nitrogens with two attached hydrogens (primary N) is 1. The van der Waals surface area contributed by atoms with Gasteiger partial charge in [-0.15, -0.1) is 24.8 Å². The van der Waals surface area contributed by atoms with Gasteiger partial charge in [0.2, 0.25) is 0 Å². The van der Waals surface area contributed by atoms with E-state index in [0.29, 0.717) is 0 Å². The van der Waals surface area contributed by atoms with Crippen LogP contribution in [0.25, 0.3) is 0 Å². The molecule has 2 nitrogen and oxygen atoms in total. The van der Waals surface area contributed by atoms with E-state index in [1.165, 1.54) is 5.56 Å². The number of halogens is 3. The summed E-state index contributed by atoms with van der Waals surface area (Å²) < 4.78 is 1.14. The highest BCUT2D eigenvalue weighted by atomic mass is 79.9. The van der Waals surface area contributed by atoms with Crippen molar-refractivity contribution in [2.45, 2.75) is 18.3 Å². The number of benzene rings is 1. The first-order valence-corrected chi connectivity index (χ1v) is 6.23. The molecule has 2 rings (SSSR count). The maximum Gasteiger partial charge on any atom is 0.0178 e. The van der Waals surface area contributed by atoms with Crippen LogP contribution in [0.3, 0.4) is 0 Å². The molecule has 0 aliphatic carbocycles. The van der Waals surface area contributed by atoms with Crippen LogP contribution in [0, 0.1) is 0 Å². The van der Waals surface area contributed by atoms with Gasteiger partial charge in [-0.05, 0) is 43.6 Å². The van der Waals surface area contributed by atoms with Crippen molar-refractivity contribution in [1.29, 1.82) is 0 Å². The SMILES string of the molecule is Cl.Cl.NCC1(c2cccc(Br)c2)CCNCC1. The number of hydrogen-bond acceptors (Lipinski definition) is 2. The van der Waals surface area contributed by atoms with Crippen LogP contribution in [0.2, 0.25) is 0 Å². The third-order valence-corrected chi connectivity index (χ3v) is 3.88. The Balaban J connectivity index is 0.00000128. The smallest absolute Gasteiger partial charge is 0.0178 e. The van der Waals surface area contributed by atoms with Gasteiger partial charge in [-0.3, -0.25) is 0 Å². The van der Waals surface area contributed by atoms with E-state index in [0.717, 1.165) is 36.9 Å². The number of piperidine rings is 1. The molecule has 0 saturated carbocycles. The van der Waals surface area contributed by atoms with E-state index in [2.05, 4.69) is 45.5 Å². The molecule has 0 aromatic heterocycles. The van der Waals surface area contributed by atoms with Gasteiger partial charge >= 0.3 is 0 Å². The fourth-order valence-corrected chi connectivity index (χ4v) is 2.73. The lowest BCUT2D eigenvalue weighted by Crippen LogP contribution is -2.44. The topological polar surface area (TPSA) is 38.0 Å². The van der Waals surface area contributed by atoms with Gasteiger partial charge in [0.25, 0.3) is 0 Å². The second-order valence-electron chi connectivity index (χ2n) is 4.24. The maximum absolute atomic E-state index is 5.98. The normalized spacial score (nSPS) is 17.8. The minimum absolute atomic E-state index is 0. The molecule has 1 saturated heterocycles. The zero-order chi connectivity index (χ0) is 10.7. The highest BCUT2D eigenvalue weighted by molar-refractivity contribution is 9.10. The van der Waals surface area contributed by atoms with Gasteiger partial charge in [-0.25, -0.2) is 0 Å². The third kappa shape index (κ3) is 3.83. The van der Waals surface area contributed by atoms with Crippen LogP contribution in [0.15, 0.2) is 28.7 Å². The number of hydrogen-bond donors (Lipinski definition) is 2. The molecule has 0 amide bonds. The standard InChI is InChI=1S/C12H17BrN2.2ClH/c13-11-3-1-2-10(8-11)12(9-14)4-6-15-7-5-12;;/h1-3,8,15H,4-7,9,14H2;2*1H. The molecule has 1 heterocycles. The molecule has 3 N–H and O–H groups in total. The molecule has 0 bridgehead atoms. The van der Waals surface area contributed by atoms with Crippen LogP contribution < -0.4 is 11.1 Å². The Bertz CT molecular complexity index is 341. The molecule has 1 aliphatic rings. The predicted octanol–water partition coefficient (Wildman–Crippen LogP) is 2.87. The van der Waals surface area contributed by atoms with E-state index in [1.807, 2.05) is 0 Å². The van der Waals surface area contributed by atoms with Crippen molar-refractivity contribution in [3.05, 3.63) is 34.3 Å². The van der Waals surface area contributed by atoms with Crippen LogP contribution in [-0.2, 0) is 5.41 Å². The highest BCUT2D eigenvalue weighted by Gasteiger charge is 2.32. The molecular formula is C12H19BrCl2N2. The van der Waals surface area contributed by atoms with Crippen LogP contribution in [0.1, 0.15) is 18.4 Å². The highest BCUT2D eigenvalue weighted by Crippen LogP contribution is 2.33. The van der Waals surface area contributed by atoms with Crippen molar-refractivity contribution < 1.29 is 0 Å². The molecule has 0 atom stereocenters. The average molecular weight is 342 g/mol. The molecule has 0 spiro atoms. The molecular weight excluding hydrogens is 323 g/mol. The minimum atomic E-state index is 0. The summed E-state index contributed by atoms with van der Waals surface area (Å²) >= 11 is 3.53. The monoisotopic (exact) mass is 340 g/mol. The second kappa shape index (κ2) is 7.59. The largest absolute Gasteiger partial charge is 0.330 e. The summed E-state index contributed by atoms with van der Waals surface area (Å²) in [6.07, 6.45) is 2.28. The van der Waals surface area contributed by atoms with Gasteiger partial charge in [-0.1, -0.05) is 28.1 Å². The molecule has 1 fully saturated rings. The first-order chi connectivity index (χ1) is 7.27. The van der Waals surface area contributed by atoms with Gasteiger partial charge in [-0.2, -0.15) is 0 Å². The van der Waals surface area contributed by atoms with Gasteiger partial charge in [0.15, 0.2) is 0 Å². The summed E-state index contributed by atoms with van der Waals surface area (Å²) in [5.41, 5.74) is 7.54. The van der Waals surface area contributed by atoms with Gasteiger partial charge in [0.1, 0.15) is 0 Å². The first-order valence-electron chi connectivity index (χ1n) is 5.44. The molecule has 17 heavy (non-hydrogen) atoms. The first kappa shape index (κ1) is 17.2. The fourth-order valence-electron chi connectivity index (χ4n) is 2.33. The molecule has 1 aromatic carbocycles. The summed E-state index contributed by atoms with van der Waals surface area (Å²) in [7, 11) is 0. The Labute approximate surface area is 124 Å². The summed E-state index contributed by atoms with van der Waals surface area (Å²) in [6, 6.07) is 8.56. The Kier molecular flexibility index (Phi) is 7.68. The van der Waals surface area contributed by atoms with Gasteiger partial charge in [0, 0.05) is 16.4 Å². The van der Waals surface area contributed by atoms with Crippen molar-refractivity contribution >= 4 is 40.7 Å². The van der Waals surface area contributed by atoms with Crippen molar-refractivity contribution in [3.63, 3.8) is 0 Å². The molecule has 0 radical (unpaired) electrons. The molecule has 1 aliphatic heterocycles. The lowest BCUT2D eigenvalue weighted by molar-refractivity contribution is 0.315. The summed E-state index contributed by atoms with van der Waals surface area (Å²) in [5, 5.41) is 3.39. The molecule has 1 aromatic rings. The van der Waals surface area contributed by atoms with E-state index in [-0.39, 0.29) is 30.2 Å². The van der Waals surface area contributed by atoms with Crippen LogP contribution in [0.5, 0.6) is 0 Å². The maximum atomic E-state index is 5.98. The fraction of sp³-hybridized carbons (Fsp3) is 0.500. The lowest BCUT2D eigenvalue weighted by Gasteiger charge is -2.37. The zero-order valence-electron chi connectivity index (χ0n) is 9.62. The minimum Gasteiger partial charge on any atom is -0.330 e. The lowest BCUT2D eigenvalue weighted by atomic mass is 9.73. The van der Waals surface area contributed by atoms with E-state index < -0.39 is 0 Å². The Morgan fingerprint density at radius 3 is 2.41 bits per heavy atom. The average Bonchev–Trinajstić information content (AvgIpc) is 2.30.